The topological polar surface area (TPSA) is 46.2 Å². The SMILES string of the molecule is CCCC1(C(N)CC)CCC(O)C1. The zero-order valence-corrected chi connectivity index (χ0v) is 8.92. The fourth-order valence-electron chi connectivity index (χ4n) is 2.81. The van der Waals surface area contributed by atoms with Crippen LogP contribution >= 0.6 is 0 Å². The molecule has 1 saturated carbocycles. The van der Waals surface area contributed by atoms with Gasteiger partial charge in [0.25, 0.3) is 0 Å². The van der Waals surface area contributed by atoms with Gasteiger partial charge in [-0.25, -0.2) is 0 Å². The van der Waals surface area contributed by atoms with Crippen molar-refractivity contribution in [1.29, 1.82) is 0 Å². The monoisotopic (exact) mass is 185 g/mol. The molecule has 1 aliphatic carbocycles. The minimum Gasteiger partial charge on any atom is -0.393 e. The zero-order valence-electron chi connectivity index (χ0n) is 8.92. The lowest BCUT2D eigenvalue weighted by Gasteiger charge is -2.34. The molecule has 0 aromatic carbocycles. The van der Waals surface area contributed by atoms with Gasteiger partial charge in [-0.15, -0.1) is 0 Å². The number of aliphatic hydroxyl groups excluding tert-OH is 1. The third-order valence-corrected chi connectivity index (χ3v) is 3.59. The van der Waals surface area contributed by atoms with Gasteiger partial charge in [0.2, 0.25) is 0 Å². The van der Waals surface area contributed by atoms with Crippen molar-refractivity contribution in [3.63, 3.8) is 0 Å². The van der Waals surface area contributed by atoms with Crippen LogP contribution in [0.4, 0.5) is 0 Å². The molecule has 3 N–H and O–H groups in total. The minimum absolute atomic E-state index is 0.0934. The second-order valence-corrected chi connectivity index (χ2v) is 4.52. The lowest BCUT2D eigenvalue weighted by atomic mass is 9.74. The third kappa shape index (κ3) is 2.23. The normalized spacial score (nSPS) is 36.5. The number of hydrogen-bond donors (Lipinski definition) is 2. The lowest BCUT2D eigenvalue weighted by molar-refractivity contribution is 0.136. The predicted molar refractivity (Wildman–Crippen MR) is 55.5 cm³/mol. The van der Waals surface area contributed by atoms with Gasteiger partial charge < -0.3 is 10.8 Å². The number of aliphatic hydroxyl groups is 1. The van der Waals surface area contributed by atoms with E-state index < -0.39 is 0 Å². The van der Waals surface area contributed by atoms with E-state index in [2.05, 4.69) is 13.8 Å². The Morgan fingerprint density at radius 1 is 1.54 bits per heavy atom. The molecule has 0 amide bonds. The Balaban J connectivity index is 2.64. The fraction of sp³-hybridized carbons (Fsp3) is 1.00. The molecule has 1 rings (SSSR count). The molecule has 1 aliphatic rings. The van der Waals surface area contributed by atoms with E-state index in [1.165, 1.54) is 12.8 Å². The highest BCUT2D eigenvalue weighted by molar-refractivity contribution is 4.95. The summed E-state index contributed by atoms with van der Waals surface area (Å²) < 4.78 is 0. The molecule has 3 unspecified atom stereocenters. The molecule has 0 saturated heterocycles. The van der Waals surface area contributed by atoms with Crippen LogP contribution in [0.5, 0.6) is 0 Å². The quantitative estimate of drug-likeness (QED) is 0.704. The Labute approximate surface area is 81.5 Å². The predicted octanol–water partition coefficient (Wildman–Crippen LogP) is 2.06. The summed E-state index contributed by atoms with van der Waals surface area (Å²) in [6.45, 7) is 4.35. The van der Waals surface area contributed by atoms with Crippen molar-refractivity contribution in [2.75, 3.05) is 0 Å². The molecular weight excluding hydrogens is 162 g/mol. The van der Waals surface area contributed by atoms with Crippen molar-refractivity contribution in [2.45, 2.75) is 64.5 Å². The van der Waals surface area contributed by atoms with Crippen LogP contribution in [-0.2, 0) is 0 Å². The molecule has 0 aromatic rings. The molecule has 3 atom stereocenters. The highest BCUT2D eigenvalue weighted by Gasteiger charge is 2.41. The molecule has 2 nitrogen and oxygen atoms in total. The molecule has 0 bridgehead atoms. The first-order valence-corrected chi connectivity index (χ1v) is 5.58. The van der Waals surface area contributed by atoms with Crippen LogP contribution in [0.25, 0.3) is 0 Å². The molecule has 2 heteroatoms. The van der Waals surface area contributed by atoms with Gasteiger partial charge >= 0.3 is 0 Å². The Kier molecular flexibility index (Phi) is 3.74. The molecule has 78 valence electrons. The smallest absolute Gasteiger partial charge is 0.0546 e. The van der Waals surface area contributed by atoms with Crippen molar-refractivity contribution < 1.29 is 5.11 Å². The first kappa shape index (κ1) is 11.0. The maximum atomic E-state index is 9.58. The Morgan fingerprint density at radius 2 is 2.23 bits per heavy atom. The molecule has 1 fully saturated rings. The van der Waals surface area contributed by atoms with Crippen LogP contribution in [0.3, 0.4) is 0 Å². The van der Waals surface area contributed by atoms with Gasteiger partial charge in [0.1, 0.15) is 0 Å². The van der Waals surface area contributed by atoms with Gasteiger partial charge in [-0.1, -0.05) is 20.3 Å². The summed E-state index contributed by atoms with van der Waals surface area (Å²) in [4.78, 5) is 0. The van der Waals surface area contributed by atoms with Crippen LogP contribution in [0.1, 0.15) is 52.4 Å². The fourth-order valence-corrected chi connectivity index (χ4v) is 2.81. The molecule has 0 aromatic heterocycles. The Bertz CT molecular complexity index is 156. The van der Waals surface area contributed by atoms with E-state index in [0.717, 1.165) is 25.7 Å². The highest BCUT2D eigenvalue weighted by Crippen LogP contribution is 2.44. The van der Waals surface area contributed by atoms with E-state index in [4.69, 9.17) is 5.73 Å². The van der Waals surface area contributed by atoms with Crippen LogP contribution in [-0.4, -0.2) is 17.3 Å². The molecule has 0 heterocycles. The summed E-state index contributed by atoms with van der Waals surface area (Å²) in [6, 6.07) is 0.282. The summed E-state index contributed by atoms with van der Waals surface area (Å²) in [5.74, 6) is 0. The average molecular weight is 185 g/mol. The number of nitrogens with two attached hydrogens (primary N) is 1. The lowest BCUT2D eigenvalue weighted by Crippen LogP contribution is -2.39. The Hall–Kier alpha value is -0.0800. The summed E-state index contributed by atoms with van der Waals surface area (Å²) in [6.07, 6.45) is 6.30. The summed E-state index contributed by atoms with van der Waals surface area (Å²) in [5, 5.41) is 9.58. The van der Waals surface area contributed by atoms with Crippen molar-refractivity contribution in [3.8, 4) is 0 Å². The zero-order chi connectivity index (χ0) is 9.90. The van der Waals surface area contributed by atoms with Crippen LogP contribution in [0.15, 0.2) is 0 Å². The number of rotatable bonds is 4. The van der Waals surface area contributed by atoms with Gasteiger partial charge in [0, 0.05) is 6.04 Å². The molecule has 13 heavy (non-hydrogen) atoms. The highest BCUT2D eigenvalue weighted by atomic mass is 16.3. The van der Waals surface area contributed by atoms with E-state index in [-0.39, 0.29) is 17.6 Å². The summed E-state index contributed by atoms with van der Waals surface area (Å²) >= 11 is 0. The average Bonchev–Trinajstić information content (AvgIpc) is 2.48. The van der Waals surface area contributed by atoms with Crippen molar-refractivity contribution in [3.05, 3.63) is 0 Å². The largest absolute Gasteiger partial charge is 0.393 e. The Morgan fingerprint density at radius 3 is 2.62 bits per heavy atom. The summed E-state index contributed by atoms with van der Waals surface area (Å²) in [7, 11) is 0. The first-order chi connectivity index (χ1) is 6.14. The van der Waals surface area contributed by atoms with E-state index in [9.17, 15) is 5.11 Å². The van der Waals surface area contributed by atoms with Gasteiger partial charge in [-0.05, 0) is 37.5 Å². The van der Waals surface area contributed by atoms with Gasteiger partial charge in [0.05, 0.1) is 6.10 Å². The number of hydrogen-bond acceptors (Lipinski definition) is 2. The standard InChI is InChI=1S/C11H23NO/c1-3-6-11(10(12)4-2)7-5-9(13)8-11/h9-10,13H,3-8,12H2,1-2H3. The van der Waals surface area contributed by atoms with Crippen LogP contribution in [0.2, 0.25) is 0 Å². The second kappa shape index (κ2) is 4.43. The van der Waals surface area contributed by atoms with E-state index in [1.54, 1.807) is 0 Å². The van der Waals surface area contributed by atoms with Crippen LogP contribution in [0, 0.1) is 5.41 Å². The van der Waals surface area contributed by atoms with Gasteiger partial charge in [0.15, 0.2) is 0 Å². The molecule has 0 aliphatic heterocycles. The maximum absolute atomic E-state index is 9.58. The maximum Gasteiger partial charge on any atom is 0.0546 e. The van der Waals surface area contributed by atoms with Crippen molar-refractivity contribution in [1.82, 2.24) is 0 Å². The van der Waals surface area contributed by atoms with Crippen molar-refractivity contribution in [2.24, 2.45) is 11.1 Å². The van der Waals surface area contributed by atoms with Gasteiger partial charge in [-0.2, -0.15) is 0 Å². The summed E-state index contributed by atoms with van der Waals surface area (Å²) in [5.41, 5.74) is 6.40. The molecular formula is C11H23NO. The van der Waals surface area contributed by atoms with Crippen molar-refractivity contribution >= 4 is 0 Å². The molecule has 0 spiro atoms. The first-order valence-electron chi connectivity index (χ1n) is 5.58. The van der Waals surface area contributed by atoms with Crippen LogP contribution < -0.4 is 5.73 Å². The van der Waals surface area contributed by atoms with E-state index in [0.29, 0.717) is 0 Å². The minimum atomic E-state index is -0.0934. The van der Waals surface area contributed by atoms with E-state index in [1.807, 2.05) is 0 Å². The van der Waals surface area contributed by atoms with Gasteiger partial charge in [-0.3, -0.25) is 0 Å². The second-order valence-electron chi connectivity index (χ2n) is 4.52. The molecule has 0 radical (unpaired) electrons. The third-order valence-electron chi connectivity index (χ3n) is 3.59. The van der Waals surface area contributed by atoms with E-state index >= 15 is 0 Å².